The van der Waals surface area contributed by atoms with Crippen molar-refractivity contribution in [3.63, 3.8) is 0 Å². The molecule has 4 nitrogen and oxygen atoms in total. The molecular formula is C11H10FN3OS. The van der Waals surface area contributed by atoms with Crippen LogP contribution in [-0.4, -0.2) is 10.9 Å². The van der Waals surface area contributed by atoms with Gasteiger partial charge in [-0.2, -0.15) is 0 Å². The van der Waals surface area contributed by atoms with E-state index in [0.29, 0.717) is 6.54 Å². The molecule has 2 aromatic rings. The highest BCUT2D eigenvalue weighted by Gasteiger charge is 2.08. The summed E-state index contributed by atoms with van der Waals surface area (Å²) in [4.78, 5) is 15.7. The van der Waals surface area contributed by atoms with Crippen LogP contribution in [0.1, 0.15) is 16.1 Å². The summed E-state index contributed by atoms with van der Waals surface area (Å²) < 4.78 is 13.0. The molecule has 0 spiro atoms. The maximum absolute atomic E-state index is 13.0. The number of amides is 1. The van der Waals surface area contributed by atoms with Gasteiger partial charge in [0.1, 0.15) is 5.82 Å². The van der Waals surface area contributed by atoms with Crippen molar-refractivity contribution in [1.82, 2.24) is 10.3 Å². The first kappa shape index (κ1) is 11.5. The quantitative estimate of drug-likeness (QED) is 0.817. The molecule has 0 bridgehead atoms. The van der Waals surface area contributed by atoms with Crippen molar-refractivity contribution in [3.8, 4) is 0 Å². The minimum absolute atomic E-state index is 0.206. The van der Waals surface area contributed by atoms with Crippen molar-refractivity contribution >= 4 is 22.9 Å². The molecule has 6 heteroatoms. The molecule has 0 aliphatic carbocycles. The van der Waals surface area contributed by atoms with E-state index in [1.165, 1.54) is 17.4 Å². The Labute approximate surface area is 101 Å². The van der Waals surface area contributed by atoms with Gasteiger partial charge in [-0.05, 0) is 18.2 Å². The van der Waals surface area contributed by atoms with Crippen molar-refractivity contribution in [2.45, 2.75) is 6.54 Å². The predicted octanol–water partition coefficient (Wildman–Crippen LogP) is 1.79. The fraction of sp³-hybridized carbons (Fsp3) is 0.0909. The molecule has 1 aromatic heterocycles. The standard InChI is InChI=1S/C11H10FN3OS/c12-8-1-7(2-9(13)3-8)11(16)14-4-10-5-17-6-15-10/h1-3,5-6H,4,13H2,(H,14,16). The van der Waals surface area contributed by atoms with E-state index >= 15 is 0 Å². The number of nitrogens with zero attached hydrogens (tertiary/aromatic N) is 1. The summed E-state index contributed by atoms with van der Waals surface area (Å²) in [6.07, 6.45) is 0. The largest absolute Gasteiger partial charge is 0.399 e. The Balaban J connectivity index is 2.04. The third-order valence-electron chi connectivity index (χ3n) is 2.10. The van der Waals surface area contributed by atoms with E-state index in [-0.39, 0.29) is 17.2 Å². The van der Waals surface area contributed by atoms with Gasteiger partial charge in [0.05, 0.1) is 17.7 Å². The van der Waals surface area contributed by atoms with Gasteiger partial charge >= 0.3 is 0 Å². The molecule has 2 rings (SSSR count). The van der Waals surface area contributed by atoms with E-state index in [1.807, 2.05) is 5.38 Å². The van der Waals surface area contributed by atoms with Crippen LogP contribution in [0.5, 0.6) is 0 Å². The highest BCUT2D eigenvalue weighted by atomic mass is 32.1. The molecule has 0 saturated carbocycles. The molecule has 0 fully saturated rings. The first-order chi connectivity index (χ1) is 8.15. The maximum Gasteiger partial charge on any atom is 0.251 e. The number of nitrogens with one attached hydrogen (secondary N) is 1. The van der Waals surface area contributed by atoms with E-state index < -0.39 is 5.82 Å². The van der Waals surface area contributed by atoms with Crippen LogP contribution < -0.4 is 11.1 Å². The Morgan fingerprint density at radius 2 is 2.29 bits per heavy atom. The fourth-order valence-corrected chi connectivity index (χ4v) is 1.90. The van der Waals surface area contributed by atoms with Crippen molar-refractivity contribution in [2.75, 3.05) is 5.73 Å². The molecule has 0 unspecified atom stereocenters. The summed E-state index contributed by atoms with van der Waals surface area (Å²) in [6.45, 7) is 0.318. The van der Waals surface area contributed by atoms with Gasteiger partial charge in [0, 0.05) is 16.6 Å². The molecule has 0 aliphatic heterocycles. The molecule has 0 atom stereocenters. The van der Waals surface area contributed by atoms with Gasteiger partial charge in [-0.15, -0.1) is 11.3 Å². The summed E-state index contributed by atoms with van der Waals surface area (Å²) in [5.74, 6) is -0.895. The number of carbonyl (C=O) groups excluding carboxylic acids is 1. The van der Waals surface area contributed by atoms with Crippen LogP contribution in [0.4, 0.5) is 10.1 Å². The Morgan fingerprint density at radius 1 is 1.47 bits per heavy atom. The molecule has 0 saturated heterocycles. The molecule has 88 valence electrons. The Morgan fingerprint density at radius 3 is 2.94 bits per heavy atom. The number of anilines is 1. The van der Waals surface area contributed by atoms with Crippen molar-refractivity contribution < 1.29 is 9.18 Å². The van der Waals surface area contributed by atoms with Gasteiger partial charge in [0.2, 0.25) is 0 Å². The molecule has 0 aliphatic rings. The molecular weight excluding hydrogens is 241 g/mol. The third kappa shape index (κ3) is 3.01. The Kier molecular flexibility index (Phi) is 3.34. The summed E-state index contributed by atoms with van der Waals surface area (Å²) in [6, 6.07) is 3.74. The van der Waals surface area contributed by atoms with E-state index in [2.05, 4.69) is 10.3 Å². The van der Waals surface area contributed by atoms with E-state index in [4.69, 9.17) is 5.73 Å². The Hall–Kier alpha value is -1.95. The molecule has 1 aromatic carbocycles. The second-order valence-electron chi connectivity index (χ2n) is 3.44. The predicted molar refractivity (Wildman–Crippen MR) is 64.1 cm³/mol. The van der Waals surface area contributed by atoms with Crippen LogP contribution in [0, 0.1) is 5.82 Å². The summed E-state index contributed by atoms with van der Waals surface area (Å²) in [5, 5.41) is 4.47. The maximum atomic E-state index is 13.0. The lowest BCUT2D eigenvalue weighted by molar-refractivity contribution is 0.0950. The van der Waals surface area contributed by atoms with E-state index in [0.717, 1.165) is 17.8 Å². The second-order valence-corrected chi connectivity index (χ2v) is 4.15. The number of halogens is 1. The van der Waals surface area contributed by atoms with Crippen LogP contribution in [0.25, 0.3) is 0 Å². The van der Waals surface area contributed by atoms with Crippen LogP contribution in [-0.2, 0) is 6.54 Å². The summed E-state index contributed by atoms with van der Waals surface area (Å²) in [5.41, 5.74) is 8.34. The monoisotopic (exact) mass is 251 g/mol. The summed E-state index contributed by atoms with van der Waals surface area (Å²) in [7, 11) is 0. The number of nitrogen functional groups attached to an aromatic ring is 1. The van der Waals surface area contributed by atoms with E-state index in [1.54, 1.807) is 5.51 Å². The Bertz CT molecular complexity index is 507. The third-order valence-corrected chi connectivity index (χ3v) is 2.73. The normalized spacial score (nSPS) is 10.2. The summed E-state index contributed by atoms with van der Waals surface area (Å²) >= 11 is 1.45. The van der Waals surface area contributed by atoms with Crippen molar-refractivity contribution in [2.24, 2.45) is 0 Å². The van der Waals surface area contributed by atoms with Gasteiger partial charge in [-0.3, -0.25) is 4.79 Å². The van der Waals surface area contributed by atoms with Gasteiger partial charge < -0.3 is 11.1 Å². The zero-order chi connectivity index (χ0) is 12.3. The van der Waals surface area contributed by atoms with Gasteiger partial charge in [-0.25, -0.2) is 9.37 Å². The number of rotatable bonds is 3. The van der Waals surface area contributed by atoms with Crippen LogP contribution >= 0.6 is 11.3 Å². The average Bonchev–Trinajstić information content (AvgIpc) is 2.77. The zero-order valence-electron chi connectivity index (χ0n) is 8.81. The van der Waals surface area contributed by atoms with Crippen LogP contribution in [0.2, 0.25) is 0 Å². The van der Waals surface area contributed by atoms with Gasteiger partial charge in [0.15, 0.2) is 0 Å². The zero-order valence-corrected chi connectivity index (χ0v) is 9.63. The lowest BCUT2D eigenvalue weighted by Crippen LogP contribution is -2.23. The topological polar surface area (TPSA) is 68.0 Å². The number of aromatic nitrogens is 1. The average molecular weight is 251 g/mol. The molecule has 1 amide bonds. The lowest BCUT2D eigenvalue weighted by Gasteiger charge is -2.04. The molecule has 3 N–H and O–H groups in total. The highest BCUT2D eigenvalue weighted by Crippen LogP contribution is 2.11. The molecule has 17 heavy (non-hydrogen) atoms. The lowest BCUT2D eigenvalue weighted by atomic mass is 10.2. The van der Waals surface area contributed by atoms with Gasteiger partial charge in [-0.1, -0.05) is 0 Å². The number of thiazole rings is 1. The minimum atomic E-state index is -0.524. The highest BCUT2D eigenvalue weighted by molar-refractivity contribution is 7.07. The SMILES string of the molecule is Nc1cc(F)cc(C(=O)NCc2cscn2)c1. The van der Waals surface area contributed by atoms with Crippen molar-refractivity contribution in [1.29, 1.82) is 0 Å². The number of carbonyl (C=O) groups is 1. The first-order valence-corrected chi connectivity index (χ1v) is 5.81. The molecule has 0 radical (unpaired) electrons. The van der Waals surface area contributed by atoms with Crippen LogP contribution in [0.15, 0.2) is 29.1 Å². The number of hydrogen-bond acceptors (Lipinski definition) is 4. The smallest absolute Gasteiger partial charge is 0.251 e. The van der Waals surface area contributed by atoms with Gasteiger partial charge in [0.25, 0.3) is 5.91 Å². The number of hydrogen-bond donors (Lipinski definition) is 2. The number of nitrogens with two attached hydrogens (primary N) is 1. The first-order valence-electron chi connectivity index (χ1n) is 4.86. The fourth-order valence-electron chi connectivity index (χ4n) is 1.34. The van der Waals surface area contributed by atoms with E-state index in [9.17, 15) is 9.18 Å². The van der Waals surface area contributed by atoms with Crippen molar-refractivity contribution in [3.05, 3.63) is 46.2 Å². The molecule has 1 heterocycles. The number of benzene rings is 1. The second kappa shape index (κ2) is 4.92. The van der Waals surface area contributed by atoms with Crippen LogP contribution in [0.3, 0.4) is 0 Å². The minimum Gasteiger partial charge on any atom is -0.399 e.